The summed E-state index contributed by atoms with van der Waals surface area (Å²) in [7, 11) is -3.92. The minimum Gasteiger partial charge on any atom is -0.200 e. The van der Waals surface area contributed by atoms with E-state index < -0.39 is 10.0 Å². The molecule has 2 rings (SSSR count). The smallest absolute Gasteiger partial charge is 0.200 e. The highest BCUT2D eigenvalue weighted by Gasteiger charge is 2.19. The molecular formula is C13H9Cl3N2O2S. The third-order valence-electron chi connectivity index (χ3n) is 2.45. The minimum absolute atomic E-state index is 0.0354. The number of nitrogens with zero attached hydrogens (tertiary/aromatic N) is 1. The lowest BCUT2D eigenvalue weighted by molar-refractivity contribution is 0.585. The van der Waals surface area contributed by atoms with Crippen molar-refractivity contribution in [3.63, 3.8) is 0 Å². The minimum atomic E-state index is -3.92. The van der Waals surface area contributed by atoms with Gasteiger partial charge >= 0.3 is 0 Å². The van der Waals surface area contributed by atoms with Crippen molar-refractivity contribution >= 4 is 51.0 Å². The molecule has 21 heavy (non-hydrogen) atoms. The van der Waals surface area contributed by atoms with Crippen molar-refractivity contribution in [1.82, 2.24) is 4.83 Å². The molecule has 2 aromatic carbocycles. The molecule has 0 saturated heterocycles. The van der Waals surface area contributed by atoms with Crippen molar-refractivity contribution < 1.29 is 8.42 Å². The largest absolute Gasteiger partial charge is 0.278 e. The highest BCUT2D eigenvalue weighted by atomic mass is 35.5. The van der Waals surface area contributed by atoms with Gasteiger partial charge in [-0.15, -0.1) is 0 Å². The number of hydrogen-bond acceptors (Lipinski definition) is 3. The highest BCUT2D eigenvalue weighted by molar-refractivity contribution is 7.89. The zero-order valence-corrected chi connectivity index (χ0v) is 13.5. The van der Waals surface area contributed by atoms with Gasteiger partial charge < -0.3 is 0 Å². The molecule has 1 N–H and O–H groups in total. The van der Waals surface area contributed by atoms with Crippen LogP contribution in [0.3, 0.4) is 0 Å². The second-order valence-electron chi connectivity index (χ2n) is 3.96. The summed E-state index contributed by atoms with van der Waals surface area (Å²) in [5.41, 5.74) is 0.750. The van der Waals surface area contributed by atoms with Crippen molar-refractivity contribution in [2.45, 2.75) is 4.90 Å². The Morgan fingerprint density at radius 3 is 2.24 bits per heavy atom. The van der Waals surface area contributed by atoms with E-state index in [-0.39, 0.29) is 20.0 Å². The fraction of sp³-hybridized carbons (Fsp3) is 0. The van der Waals surface area contributed by atoms with Crippen LogP contribution in [0.15, 0.2) is 52.5 Å². The van der Waals surface area contributed by atoms with Crippen molar-refractivity contribution in [3.05, 3.63) is 63.1 Å². The monoisotopic (exact) mass is 362 g/mol. The molecule has 8 heteroatoms. The molecule has 4 nitrogen and oxygen atoms in total. The van der Waals surface area contributed by atoms with Gasteiger partial charge in [0.2, 0.25) is 0 Å². The maximum Gasteiger partial charge on any atom is 0.278 e. The molecule has 0 amide bonds. The molecule has 110 valence electrons. The van der Waals surface area contributed by atoms with E-state index in [2.05, 4.69) is 9.93 Å². The van der Waals surface area contributed by atoms with E-state index in [1.807, 2.05) is 18.2 Å². The first-order chi connectivity index (χ1) is 9.90. The number of halogens is 3. The summed E-state index contributed by atoms with van der Waals surface area (Å²) in [5, 5.41) is 3.92. The predicted octanol–water partition coefficient (Wildman–Crippen LogP) is 3.96. The van der Waals surface area contributed by atoms with E-state index in [1.165, 1.54) is 18.3 Å². The Morgan fingerprint density at radius 1 is 0.952 bits per heavy atom. The topological polar surface area (TPSA) is 58.5 Å². The molecule has 0 heterocycles. The van der Waals surface area contributed by atoms with Crippen LogP contribution in [0.1, 0.15) is 5.56 Å². The van der Waals surface area contributed by atoms with Crippen molar-refractivity contribution in [1.29, 1.82) is 0 Å². The fourth-order valence-corrected chi connectivity index (χ4v) is 3.26. The summed E-state index contributed by atoms with van der Waals surface area (Å²) in [6, 6.07) is 11.5. The summed E-state index contributed by atoms with van der Waals surface area (Å²) < 4.78 is 24.2. The molecule has 0 aliphatic rings. The normalized spacial score (nSPS) is 11.8. The van der Waals surface area contributed by atoms with Crippen LogP contribution in [0.25, 0.3) is 0 Å². The second kappa shape index (κ2) is 6.66. The fourth-order valence-electron chi connectivity index (χ4n) is 1.47. The number of rotatable bonds is 4. The Morgan fingerprint density at radius 2 is 1.57 bits per heavy atom. The molecule has 0 saturated carbocycles. The average Bonchev–Trinajstić information content (AvgIpc) is 2.43. The first-order valence-corrected chi connectivity index (χ1v) is 8.26. The van der Waals surface area contributed by atoms with Crippen LogP contribution in [0.4, 0.5) is 0 Å². The summed E-state index contributed by atoms with van der Waals surface area (Å²) in [4.78, 5) is 1.88. The molecule has 0 bridgehead atoms. The van der Waals surface area contributed by atoms with E-state index in [4.69, 9.17) is 34.8 Å². The van der Waals surface area contributed by atoms with Crippen molar-refractivity contribution in [2.75, 3.05) is 0 Å². The quantitative estimate of drug-likeness (QED) is 0.508. The van der Waals surface area contributed by atoms with E-state index in [0.29, 0.717) is 0 Å². The Hall–Kier alpha value is -1.27. The number of nitrogens with one attached hydrogen (secondary N) is 1. The summed E-state index contributed by atoms with van der Waals surface area (Å²) in [5.74, 6) is 0. The molecule has 0 aromatic heterocycles. The maximum absolute atomic E-state index is 12.1. The van der Waals surface area contributed by atoms with E-state index in [9.17, 15) is 8.42 Å². The molecule has 2 aromatic rings. The van der Waals surface area contributed by atoms with E-state index in [0.717, 1.165) is 5.56 Å². The van der Waals surface area contributed by atoms with Crippen LogP contribution in [-0.4, -0.2) is 14.6 Å². The first kappa shape index (κ1) is 16.1. The molecule has 0 unspecified atom stereocenters. The van der Waals surface area contributed by atoms with Gasteiger partial charge in [0.25, 0.3) is 10.0 Å². The van der Waals surface area contributed by atoms with Gasteiger partial charge in [0.05, 0.1) is 21.3 Å². The van der Waals surface area contributed by atoms with Gasteiger partial charge in [-0.1, -0.05) is 65.1 Å². The Balaban J connectivity index is 2.23. The summed E-state index contributed by atoms with van der Waals surface area (Å²) in [6.07, 6.45) is 1.38. The molecule has 0 spiro atoms. The highest BCUT2D eigenvalue weighted by Crippen LogP contribution is 2.31. The van der Waals surface area contributed by atoms with Crippen LogP contribution < -0.4 is 4.83 Å². The molecule has 0 fully saturated rings. The number of sulfonamides is 1. The number of hydrogen-bond donors (Lipinski definition) is 1. The zero-order valence-electron chi connectivity index (χ0n) is 10.4. The lowest BCUT2D eigenvalue weighted by Gasteiger charge is -2.07. The Labute approximate surface area is 137 Å². The van der Waals surface area contributed by atoms with E-state index in [1.54, 1.807) is 12.1 Å². The molecule has 0 aliphatic heterocycles. The van der Waals surface area contributed by atoms with Crippen LogP contribution in [0.2, 0.25) is 15.1 Å². The number of hydrazone groups is 1. The number of benzene rings is 2. The second-order valence-corrected chi connectivity index (χ2v) is 6.81. The maximum atomic E-state index is 12.1. The third-order valence-corrected chi connectivity index (χ3v) is 4.86. The van der Waals surface area contributed by atoms with Crippen LogP contribution in [-0.2, 0) is 10.0 Å². The van der Waals surface area contributed by atoms with Gasteiger partial charge in [-0.25, -0.2) is 4.83 Å². The van der Waals surface area contributed by atoms with Gasteiger partial charge in [-0.05, 0) is 17.7 Å². The van der Waals surface area contributed by atoms with Gasteiger partial charge in [-0.3, -0.25) is 0 Å². The Bertz CT molecular complexity index is 778. The molecular weight excluding hydrogens is 355 g/mol. The standard InChI is InChI=1S/C13H9Cl3N2O2S/c14-10-6-12(16)13(7-11(10)15)21(19,20)18-17-8-9-4-2-1-3-5-9/h1-8,18H. The summed E-state index contributed by atoms with van der Waals surface area (Å²) in [6.45, 7) is 0. The summed E-state index contributed by atoms with van der Waals surface area (Å²) >= 11 is 17.4. The van der Waals surface area contributed by atoms with Crippen molar-refractivity contribution in [3.8, 4) is 0 Å². The van der Waals surface area contributed by atoms with Crippen LogP contribution in [0.5, 0.6) is 0 Å². The van der Waals surface area contributed by atoms with E-state index >= 15 is 0 Å². The first-order valence-electron chi connectivity index (χ1n) is 5.64. The predicted molar refractivity (Wildman–Crippen MR) is 85.8 cm³/mol. The third kappa shape index (κ3) is 4.11. The molecule has 0 aliphatic carbocycles. The van der Waals surface area contributed by atoms with Crippen LogP contribution >= 0.6 is 34.8 Å². The SMILES string of the molecule is O=S(=O)(NN=Cc1ccccc1)c1cc(Cl)c(Cl)cc1Cl. The van der Waals surface area contributed by atoms with Gasteiger partial charge in [-0.2, -0.15) is 13.5 Å². The lowest BCUT2D eigenvalue weighted by atomic mass is 10.2. The molecule has 0 radical (unpaired) electrons. The lowest BCUT2D eigenvalue weighted by Crippen LogP contribution is -2.18. The zero-order chi connectivity index (χ0) is 15.5. The van der Waals surface area contributed by atoms with Crippen LogP contribution in [0, 0.1) is 0 Å². The Kier molecular flexibility index (Phi) is 5.11. The van der Waals surface area contributed by atoms with Gasteiger partial charge in [0.15, 0.2) is 0 Å². The van der Waals surface area contributed by atoms with Crippen molar-refractivity contribution in [2.24, 2.45) is 5.10 Å². The van der Waals surface area contributed by atoms with Gasteiger partial charge in [0.1, 0.15) is 4.90 Å². The molecule has 0 atom stereocenters. The average molecular weight is 364 g/mol. The van der Waals surface area contributed by atoms with Gasteiger partial charge in [0, 0.05) is 0 Å².